The zero-order chi connectivity index (χ0) is 27.2. The number of aryl methyl sites for hydroxylation is 1. The quantitative estimate of drug-likeness (QED) is 0.390. The Balaban J connectivity index is 1.66. The fourth-order valence-electron chi connectivity index (χ4n) is 5.80. The van der Waals surface area contributed by atoms with Gasteiger partial charge in [0.15, 0.2) is 0 Å². The molecule has 4 heterocycles. The highest BCUT2D eigenvalue weighted by atomic mass is 31.2. The third kappa shape index (κ3) is 5.49. The number of benzene rings is 1. The van der Waals surface area contributed by atoms with Crippen LogP contribution in [0.15, 0.2) is 24.5 Å². The van der Waals surface area contributed by atoms with Crippen molar-refractivity contribution in [3.05, 3.63) is 35.7 Å². The first-order chi connectivity index (χ1) is 17.9. The molecule has 0 radical (unpaired) electrons. The lowest BCUT2D eigenvalue weighted by atomic mass is 10.0. The molecule has 1 aliphatic carbocycles. The topological polar surface area (TPSA) is 83.1 Å². The number of ether oxygens (including phenoxy) is 1. The van der Waals surface area contributed by atoms with Gasteiger partial charge in [-0.05, 0) is 65.0 Å². The third-order valence-electron chi connectivity index (χ3n) is 7.83. The number of H-pyrrole nitrogens is 1. The fraction of sp³-hybridized carbons (Fsp3) is 0.556. The van der Waals surface area contributed by atoms with Crippen molar-refractivity contribution in [1.82, 2.24) is 19.9 Å². The molecule has 206 valence electrons. The average molecular weight is 550 g/mol. The van der Waals surface area contributed by atoms with Crippen molar-refractivity contribution in [2.45, 2.75) is 63.4 Å². The number of nitrogens with zero attached hydrogens (tertiary/aromatic N) is 3. The molecule has 1 fully saturated rings. The van der Waals surface area contributed by atoms with Crippen molar-refractivity contribution >= 4 is 29.3 Å². The highest BCUT2D eigenvalue weighted by Crippen LogP contribution is 2.43. The summed E-state index contributed by atoms with van der Waals surface area (Å²) in [5, 5.41) is 4.51. The van der Waals surface area contributed by atoms with Crippen LogP contribution in [-0.4, -0.2) is 71.6 Å². The van der Waals surface area contributed by atoms with E-state index >= 15 is 0 Å². The van der Waals surface area contributed by atoms with Crippen molar-refractivity contribution in [2.24, 2.45) is 0 Å². The SMILES string of the molecule is CC1CCc2ccc3c(c[nH]c3c2P(C)(C)=O)-c2nc(ncc2C(F)(F)F)N[C@H]2CC[C@@H](C2)N(C)CCO1. The molecule has 0 saturated heterocycles. The molecule has 2 N–H and O–H groups in total. The Morgan fingerprint density at radius 2 is 1.97 bits per heavy atom. The van der Waals surface area contributed by atoms with E-state index in [9.17, 15) is 17.7 Å². The van der Waals surface area contributed by atoms with E-state index in [0.29, 0.717) is 40.8 Å². The summed E-state index contributed by atoms with van der Waals surface area (Å²) in [4.78, 5) is 13.9. The molecule has 38 heavy (non-hydrogen) atoms. The number of fused-ring (bicyclic) bond motifs is 7. The maximum atomic E-state index is 14.1. The zero-order valence-corrected chi connectivity index (χ0v) is 23.1. The highest BCUT2D eigenvalue weighted by Gasteiger charge is 2.37. The van der Waals surface area contributed by atoms with Gasteiger partial charge in [0.2, 0.25) is 5.95 Å². The van der Waals surface area contributed by atoms with Gasteiger partial charge in [-0.15, -0.1) is 0 Å². The smallest absolute Gasteiger partial charge is 0.377 e. The van der Waals surface area contributed by atoms with Gasteiger partial charge in [0.25, 0.3) is 0 Å². The molecule has 0 spiro atoms. The van der Waals surface area contributed by atoms with E-state index in [1.807, 2.05) is 13.0 Å². The molecular weight excluding hydrogens is 514 g/mol. The zero-order valence-electron chi connectivity index (χ0n) is 22.2. The lowest BCUT2D eigenvalue weighted by Gasteiger charge is -2.25. The predicted molar refractivity (Wildman–Crippen MR) is 145 cm³/mol. The normalized spacial score (nSPS) is 23.8. The highest BCUT2D eigenvalue weighted by molar-refractivity contribution is 7.70. The van der Waals surface area contributed by atoms with Crippen LogP contribution in [0.2, 0.25) is 0 Å². The number of rotatable bonds is 1. The minimum absolute atomic E-state index is 0.0189. The van der Waals surface area contributed by atoms with E-state index in [-0.39, 0.29) is 23.8 Å². The molecule has 2 aliphatic heterocycles. The van der Waals surface area contributed by atoms with Gasteiger partial charge in [-0.25, -0.2) is 9.97 Å². The second-order valence-corrected chi connectivity index (χ2v) is 14.2. The van der Waals surface area contributed by atoms with Gasteiger partial charge >= 0.3 is 6.18 Å². The van der Waals surface area contributed by atoms with E-state index in [1.54, 1.807) is 25.6 Å². The summed E-state index contributed by atoms with van der Waals surface area (Å²) in [6.45, 7) is 6.85. The molecule has 11 heteroatoms. The number of hydrogen-bond acceptors (Lipinski definition) is 6. The Labute approximate surface area is 220 Å². The lowest BCUT2D eigenvalue weighted by Crippen LogP contribution is -2.34. The van der Waals surface area contributed by atoms with Crippen LogP contribution in [0.4, 0.5) is 19.1 Å². The molecule has 3 aliphatic rings. The summed E-state index contributed by atoms with van der Waals surface area (Å²) in [6.07, 6.45) is 1.92. The molecule has 1 saturated carbocycles. The summed E-state index contributed by atoms with van der Waals surface area (Å²) < 4.78 is 61.9. The van der Waals surface area contributed by atoms with E-state index in [0.717, 1.165) is 44.0 Å². The van der Waals surface area contributed by atoms with Crippen molar-refractivity contribution in [3.63, 3.8) is 0 Å². The molecule has 7 nitrogen and oxygen atoms in total. The molecule has 3 atom stereocenters. The lowest BCUT2D eigenvalue weighted by molar-refractivity contribution is -0.137. The van der Waals surface area contributed by atoms with Gasteiger partial charge < -0.3 is 24.5 Å². The van der Waals surface area contributed by atoms with Crippen LogP contribution in [0.5, 0.6) is 0 Å². The van der Waals surface area contributed by atoms with Gasteiger partial charge in [-0.3, -0.25) is 0 Å². The number of hydrogen-bond donors (Lipinski definition) is 2. The van der Waals surface area contributed by atoms with E-state index in [1.165, 1.54) is 0 Å². The predicted octanol–water partition coefficient (Wildman–Crippen LogP) is 5.51. The van der Waals surface area contributed by atoms with Crippen LogP contribution in [0.1, 0.15) is 43.7 Å². The van der Waals surface area contributed by atoms with Gasteiger partial charge in [0.1, 0.15) is 12.7 Å². The summed E-state index contributed by atoms with van der Waals surface area (Å²) in [5.41, 5.74) is 0.750. The molecule has 8 bridgehead atoms. The Kier molecular flexibility index (Phi) is 7.35. The number of nitrogens with one attached hydrogen (secondary N) is 2. The van der Waals surface area contributed by atoms with Crippen molar-refractivity contribution < 1.29 is 22.5 Å². The standard InChI is InChI=1S/C27H35F3N5O2P/c1-16-5-6-17-7-10-20-21(14-31-24(20)25(17)38(3,4)36)23-22(27(28,29)30)15-32-26(34-23)33-18-8-9-19(13-18)35(2)11-12-37-16/h7,10,14-16,18-19,31H,5-6,8-9,11-13H2,1-4H3,(H,32,33,34)/t16?,18-,19-/m0/s1. The Hall–Kier alpha value is -2.42. The van der Waals surface area contributed by atoms with Gasteiger partial charge in [0, 0.05) is 47.3 Å². The van der Waals surface area contributed by atoms with Gasteiger partial charge in [0.05, 0.1) is 23.9 Å². The monoisotopic (exact) mass is 549 g/mol. The Morgan fingerprint density at radius 3 is 2.71 bits per heavy atom. The first-order valence-electron chi connectivity index (χ1n) is 13.1. The second-order valence-electron chi connectivity index (χ2n) is 11.0. The largest absolute Gasteiger partial charge is 0.419 e. The Morgan fingerprint density at radius 1 is 1.18 bits per heavy atom. The molecular formula is C27H35F3N5O2P. The first kappa shape index (κ1) is 27.2. The van der Waals surface area contributed by atoms with Crippen molar-refractivity contribution in [2.75, 3.05) is 38.8 Å². The number of anilines is 1. The van der Waals surface area contributed by atoms with Crippen LogP contribution >= 0.6 is 7.14 Å². The molecule has 0 amide bonds. The maximum absolute atomic E-state index is 14.1. The number of likely N-dealkylation sites (N-methyl/N-ethyl adjacent to an activating group) is 1. The summed E-state index contributed by atoms with van der Waals surface area (Å²) in [6, 6.07) is 4.11. The van der Waals surface area contributed by atoms with E-state index in [2.05, 4.69) is 32.2 Å². The summed E-state index contributed by atoms with van der Waals surface area (Å²) >= 11 is 0. The average Bonchev–Trinajstić information content (AvgIpc) is 3.47. The molecule has 1 unspecified atom stereocenters. The minimum Gasteiger partial charge on any atom is -0.377 e. The molecule has 1 aromatic carbocycles. The van der Waals surface area contributed by atoms with E-state index in [4.69, 9.17) is 4.74 Å². The maximum Gasteiger partial charge on any atom is 0.419 e. The van der Waals surface area contributed by atoms with Crippen molar-refractivity contribution in [1.29, 1.82) is 0 Å². The van der Waals surface area contributed by atoms with E-state index < -0.39 is 18.9 Å². The third-order valence-corrected chi connectivity index (χ3v) is 9.42. The molecule has 2 aromatic heterocycles. The number of halogens is 3. The van der Waals surface area contributed by atoms with Crippen LogP contribution in [0.25, 0.3) is 22.2 Å². The molecule has 3 aromatic rings. The minimum atomic E-state index is -4.63. The van der Waals surface area contributed by atoms with Gasteiger partial charge in [-0.1, -0.05) is 12.1 Å². The summed E-state index contributed by atoms with van der Waals surface area (Å²) in [5.74, 6) is 0.180. The van der Waals surface area contributed by atoms with Crippen LogP contribution < -0.4 is 10.6 Å². The number of alkyl halides is 3. The van der Waals surface area contributed by atoms with Crippen LogP contribution in [0, 0.1) is 0 Å². The number of aromatic amines is 1. The van der Waals surface area contributed by atoms with Crippen molar-refractivity contribution in [3.8, 4) is 11.3 Å². The number of aromatic nitrogens is 3. The molecule has 6 rings (SSSR count). The van der Waals surface area contributed by atoms with Crippen LogP contribution in [-0.2, 0) is 21.9 Å². The van der Waals surface area contributed by atoms with Crippen LogP contribution in [0.3, 0.4) is 0 Å². The first-order valence-corrected chi connectivity index (χ1v) is 15.7. The second kappa shape index (κ2) is 10.3. The van der Waals surface area contributed by atoms with Gasteiger partial charge in [-0.2, -0.15) is 13.2 Å². The Bertz CT molecular complexity index is 1370. The summed E-state index contributed by atoms with van der Waals surface area (Å²) in [7, 11) is -0.699. The fourth-order valence-corrected chi connectivity index (χ4v) is 7.40.